The van der Waals surface area contributed by atoms with E-state index in [9.17, 15) is 0 Å². The van der Waals surface area contributed by atoms with Crippen molar-refractivity contribution in [1.82, 2.24) is 14.5 Å². The highest BCUT2D eigenvalue weighted by Gasteiger charge is 2.35. The first-order chi connectivity index (χ1) is 11.9. The Bertz CT molecular complexity index is 827. The number of thiophene rings is 1. The van der Waals surface area contributed by atoms with Crippen molar-refractivity contribution >= 4 is 11.3 Å². The van der Waals surface area contributed by atoms with E-state index in [1.54, 1.807) is 0 Å². The molecule has 1 aromatic carbocycles. The van der Waals surface area contributed by atoms with Crippen LogP contribution in [-0.4, -0.2) is 34.1 Å². The number of benzene rings is 1. The van der Waals surface area contributed by atoms with Gasteiger partial charge in [0.05, 0.1) is 22.9 Å². The molecule has 0 radical (unpaired) electrons. The lowest BCUT2D eigenvalue weighted by Crippen LogP contribution is -2.47. The van der Waals surface area contributed by atoms with Gasteiger partial charge >= 0.3 is 0 Å². The molecule has 1 atom stereocenters. The maximum Gasteiger partial charge on any atom is 0.0982 e. The highest BCUT2D eigenvalue weighted by Crippen LogP contribution is 2.37. The summed E-state index contributed by atoms with van der Waals surface area (Å²) in [5.74, 6) is 0.834. The first kappa shape index (κ1) is 14.4. The predicted octanol–water partition coefficient (Wildman–Crippen LogP) is 4.55. The summed E-state index contributed by atoms with van der Waals surface area (Å²) < 4.78 is 2.37. The molecule has 0 amide bonds. The highest BCUT2D eigenvalue weighted by atomic mass is 32.1. The van der Waals surface area contributed by atoms with E-state index >= 15 is 0 Å². The topological polar surface area (TPSA) is 21.1 Å². The summed E-state index contributed by atoms with van der Waals surface area (Å²) in [6, 6.07) is 15.6. The van der Waals surface area contributed by atoms with Crippen LogP contribution in [0, 0.1) is 5.92 Å². The van der Waals surface area contributed by atoms with Crippen LogP contribution in [0.3, 0.4) is 0 Å². The zero-order valence-corrected chi connectivity index (χ0v) is 14.5. The minimum absolute atomic E-state index is 0.613. The van der Waals surface area contributed by atoms with Gasteiger partial charge in [-0.1, -0.05) is 30.3 Å². The van der Waals surface area contributed by atoms with Crippen molar-refractivity contribution in [3.8, 4) is 21.0 Å². The van der Waals surface area contributed by atoms with Crippen LogP contribution >= 0.6 is 11.3 Å². The van der Waals surface area contributed by atoms with Crippen LogP contribution in [0.25, 0.3) is 21.0 Å². The molecule has 3 aromatic rings. The summed E-state index contributed by atoms with van der Waals surface area (Å²) in [5, 5.41) is 0. The second-order valence-corrected chi connectivity index (χ2v) is 8.03. The summed E-state index contributed by atoms with van der Waals surface area (Å²) in [6.45, 7) is 3.77. The summed E-state index contributed by atoms with van der Waals surface area (Å²) in [5.41, 5.74) is 2.39. The van der Waals surface area contributed by atoms with E-state index in [2.05, 4.69) is 58.1 Å². The molecule has 122 valence electrons. The van der Waals surface area contributed by atoms with Crippen LogP contribution in [0.1, 0.15) is 18.9 Å². The predicted molar refractivity (Wildman–Crippen MR) is 99.2 cm³/mol. The van der Waals surface area contributed by atoms with Crippen LogP contribution < -0.4 is 0 Å². The molecule has 0 saturated carbocycles. The van der Waals surface area contributed by atoms with Crippen molar-refractivity contribution in [3.63, 3.8) is 0 Å². The zero-order valence-electron chi connectivity index (χ0n) is 13.6. The van der Waals surface area contributed by atoms with Gasteiger partial charge in [0.2, 0.25) is 0 Å². The van der Waals surface area contributed by atoms with Gasteiger partial charge in [0.15, 0.2) is 0 Å². The fraction of sp³-hybridized carbons (Fsp3) is 0.350. The molecule has 3 aliphatic heterocycles. The van der Waals surface area contributed by atoms with Gasteiger partial charge in [-0.15, -0.1) is 11.3 Å². The van der Waals surface area contributed by atoms with E-state index in [0.717, 1.165) is 11.6 Å². The first-order valence-corrected chi connectivity index (χ1v) is 9.60. The minimum Gasteiger partial charge on any atom is -0.332 e. The van der Waals surface area contributed by atoms with Crippen molar-refractivity contribution in [1.29, 1.82) is 0 Å². The Kier molecular flexibility index (Phi) is 3.53. The van der Waals surface area contributed by atoms with E-state index in [1.807, 2.05) is 17.7 Å². The lowest BCUT2D eigenvalue weighted by atomic mass is 9.84. The van der Waals surface area contributed by atoms with Gasteiger partial charge < -0.3 is 9.47 Å². The van der Waals surface area contributed by atoms with E-state index in [-0.39, 0.29) is 0 Å². The average molecular weight is 335 g/mol. The molecule has 4 heteroatoms. The molecule has 0 N–H and O–H groups in total. The van der Waals surface area contributed by atoms with Crippen LogP contribution in [0.5, 0.6) is 0 Å². The normalized spacial score (nSPS) is 25.9. The molecule has 3 nitrogen and oxygen atoms in total. The molecule has 24 heavy (non-hydrogen) atoms. The van der Waals surface area contributed by atoms with Gasteiger partial charge in [-0.25, -0.2) is 4.98 Å². The zero-order chi connectivity index (χ0) is 15.9. The standard InChI is InChI=1S/C20H21N3S/c1-2-4-16(5-3-1)19-6-7-20(24-19)17-12-23(14-21-17)18-13-22-10-8-15(18)9-11-22/h1-7,12,14-15,18H,8-11,13H2/t18-/m0/s1. The number of rotatable bonds is 3. The average Bonchev–Trinajstić information content (AvgIpc) is 3.33. The monoisotopic (exact) mass is 335 g/mol. The molecule has 6 rings (SSSR count). The molecule has 3 fully saturated rings. The summed E-state index contributed by atoms with van der Waals surface area (Å²) >= 11 is 1.83. The van der Waals surface area contributed by atoms with Gasteiger partial charge in [0.25, 0.3) is 0 Å². The van der Waals surface area contributed by atoms with Crippen LogP contribution in [0.4, 0.5) is 0 Å². The van der Waals surface area contributed by atoms with Crippen LogP contribution in [0.2, 0.25) is 0 Å². The van der Waals surface area contributed by atoms with Gasteiger partial charge in [-0.05, 0) is 49.5 Å². The summed E-state index contributed by atoms with van der Waals surface area (Å²) in [4.78, 5) is 9.87. The van der Waals surface area contributed by atoms with Crippen LogP contribution in [0.15, 0.2) is 55.0 Å². The lowest BCUT2D eigenvalue weighted by molar-refractivity contribution is 0.0570. The summed E-state index contributed by atoms with van der Waals surface area (Å²) in [7, 11) is 0. The Hall–Kier alpha value is -1.91. The van der Waals surface area contributed by atoms with E-state index in [4.69, 9.17) is 4.98 Å². The molecular weight excluding hydrogens is 314 g/mol. The molecule has 3 saturated heterocycles. The van der Waals surface area contributed by atoms with Gasteiger partial charge in [-0.3, -0.25) is 0 Å². The van der Waals surface area contributed by atoms with E-state index in [0.29, 0.717) is 6.04 Å². The number of nitrogens with zero attached hydrogens (tertiary/aromatic N) is 3. The third-order valence-electron chi connectivity index (χ3n) is 5.52. The molecule has 2 bridgehead atoms. The number of aromatic nitrogens is 2. The number of hydrogen-bond acceptors (Lipinski definition) is 3. The minimum atomic E-state index is 0.613. The fourth-order valence-corrected chi connectivity index (χ4v) is 5.12. The van der Waals surface area contributed by atoms with Gasteiger partial charge in [0.1, 0.15) is 0 Å². The highest BCUT2D eigenvalue weighted by molar-refractivity contribution is 7.18. The number of hydrogen-bond donors (Lipinski definition) is 0. The van der Waals surface area contributed by atoms with Crippen molar-refractivity contribution in [2.24, 2.45) is 5.92 Å². The Morgan fingerprint density at radius 3 is 2.50 bits per heavy atom. The number of imidazole rings is 1. The van der Waals surface area contributed by atoms with Gasteiger partial charge in [0, 0.05) is 17.6 Å². The van der Waals surface area contributed by atoms with Crippen molar-refractivity contribution in [3.05, 3.63) is 55.0 Å². The third-order valence-corrected chi connectivity index (χ3v) is 6.68. The van der Waals surface area contributed by atoms with Crippen molar-refractivity contribution < 1.29 is 0 Å². The maximum atomic E-state index is 4.71. The molecule has 2 aromatic heterocycles. The third kappa shape index (κ3) is 2.50. The Morgan fingerprint density at radius 1 is 0.958 bits per heavy atom. The smallest absolute Gasteiger partial charge is 0.0982 e. The van der Waals surface area contributed by atoms with E-state index < -0.39 is 0 Å². The lowest BCUT2D eigenvalue weighted by Gasteiger charge is -2.45. The number of fused-ring (bicyclic) bond motifs is 3. The Balaban J connectivity index is 1.41. The van der Waals surface area contributed by atoms with Crippen molar-refractivity contribution in [2.45, 2.75) is 18.9 Å². The van der Waals surface area contributed by atoms with Crippen molar-refractivity contribution in [2.75, 3.05) is 19.6 Å². The Morgan fingerprint density at radius 2 is 1.75 bits per heavy atom. The van der Waals surface area contributed by atoms with E-state index in [1.165, 1.54) is 47.8 Å². The molecule has 0 unspecified atom stereocenters. The second kappa shape index (κ2) is 5.87. The number of piperidine rings is 3. The van der Waals surface area contributed by atoms with Gasteiger partial charge in [-0.2, -0.15) is 0 Å². The molecule has 0 aliphatic carbocycles. The van der Waals surface area contributed by atoms with Crippen LogP contribution in [-0.2, 0) is 0 Å². The summed E-state index contributed by atoms with van der Waals surface area (Å²) in [6.07, 6.45) is 6.99. The maximum absolute atomic E-state index is 4.71. The molecular formula is C20H21N3S. The second-order valence-electron chi connectivity index (χ2n) is 6.94. The SMILES string of the molecule is c1ccc(-c2ccc(-c3cn([C@H]4CN5CCC4CC5)cn3)s2)cc1. The molecule has 0 spiro atoms. The first-order valence-electron chi connectivity index (χ1n) is 8.78. The molecule has 5 heterocycles. The Labute approximate surface area is 146 Å². The molecule has 3 aliphatic rings. The largest absolute Gasteiger partial charge is 0.332 e. The quantitative estimate of drug-likeness (QED) is 0.700. The fourth-order valence-electron chi connectivity index (χ4n) is 4.15.